The monoisotopic (exact) mass is 353 g/mol. The third-order valence-electron chi connectivity index (χ3n) is 3.57. The molecule has 0 bridgehead atoms. The highest BCUT2D eigenvalue weighted by molar-refractivity contribution is 5.91. The van der Waals surface area contributed by atoms with Gasteiger partial charge >= 0.3 is 5.63 Å². The van der Waals surface area contributed by atoms with Gasteiger partial charge in [0.15, 0.2) is 6.61 Å². The van der Waals surface area contributed by atoms with Crippen LogP contribution in [0.2, 0.25) is 0 Å². The molecule has 7 heteroatoms. The number of nitrogens with zero attached hydrogens (tertiary/aromatic N) is 2. The summed E-state index contributed by atoms with van der Waals surface area (Å²) < 4.78 is 10.5. The summed E-state index contributed by atoms with van der Waals surface area (Å²) in [6, 6.07) is 8.05. The third kappa shape index (κ3) is 4.24. The maximum Gasteiger partial charge on any atom is 0.336 e. The van der Waals surface area contributed by atoms with E-state index >= 15 is 0 Å². The van der Waals surface area contributed by atoms with Crippen LogP contribution < -0.4 is 15.7 Å². The number of hydrogen-bond donors (Lipinski definition) is 1. The highest BCUT2D eigenvalue weighted by atomic mass is 16.5. The quantitative estimate of drug-likeness (QED) is 0.725. The summed E-state index contributed by atoms with van der Waals surface area (Å²) in [6.07, 6.45) is 3.13. The Balaban J connectivity index is 1.61. The molecule has 0 unspecified atom stereocenters. The van der Waals surface area contributed by atoms with Crippen molar-refractivity contribution in [2.75, 3.05) is 11.9 Å². The van der Waals surface area contributed by atoms with Crippen LogP contribution in [0.5, 0.6) is 5.75 Å². The van der Waals surface area contributed by atoms with E-state index in [4.69, 9.17) is 9.15 Å². The summed E-state index contributed by atoms with van der Waals surface area (Å²) in [4.78, 5) is 31.8. The van der Waals surface area contributed by atoms with E-state index in [0.717, 1.165) is 5.39 Å². The van der Waals surface area contributed by atoms with Gasteiger partial charge in [0.2, 0.25) is 0 Å². The second kappa shape index (κ2) is 6.95. The first-order valence-electron chi connectivity index (χ1n) is 8.10. The van der Waals surface area contributed by atoms with E-state index in [9.17, 15) is 9.59 Å². The zero-order valence-corrected chi connectivity index (χ0v) is 14.8. The number of carbonyl (C=O) groups excluding carboxylic acids is 1. The lowest BCUT2D eigenvalue weighted by molar-refractivity contribution is -0.118. The average molecular weight is 353 g/mol. The minimum Gasteiger partial charge on any atom is -0.484 e. The Morgan fingerprint density at radius 2 is 1.85 bits per heavy atom. The molecule has 0 spiro atoms. The second-order valence-electron chi connectivity index (χ2n) is 6.84. The van der Waals surface area contributed by atoms with Gasteiger partial charge in [-0.15, -0.1) is 0 Å². The first kappa shape index (κ1) is 17.6. The van der Waals surface area contributed by atoms with E-state index < -0.39 is 5.63 Å². The highest BCUT2D eigenvalue weighted by Crippen LogP contribution is 2.20. The Kier molecular flexibility index (Phi) is 4.71. The molecule has 0 atom stereocenters. The van der Waals surface area contributed by atoms with Crippen LogP contribution in [0.1, 0.15) is 26.6 Å². The van der Waals surface area contributed by atoms with Gasteiger partial charge in [0.05, 0.1) is 18.1 Å². The number of ether oxygens (including phenoxy) is 1. The Bertz CT molecular complexity index is 988. The molecule has 7 nitrogen and oxygen atoms in total. The van der Waals surface area contributed by atoms with Crippen molar-refractivity contribution in [3.63, 3.8) is 0 Å². The van der Waals surface area contributed by atoms with Crippen LogP contribution in [0, 0.1) is 0 Å². The molecule has 0 fully saturated rings. The van der Waals surface area contributed by atoms with Gasteiger partial charge in [0, 0.05) is 22.9 Å². The first-order valence-corrected chi connectivity index (χ1v) is 8.10. The summed E-state index contributed by atoms with van der Waals surface area (Å²) >= 11 is 0. The molecular weight excluding hydrogens is 334 g/mol. The maximum absolute atomic E-state index is 12.0. The standard InChI is InChI=1S/C19H19N3O4/c1-19(2,3)18-20-9-13(10-21-18)22-16(23)11-25-14-6-4-12-5-7-17(24)26-15(12)8-14/h4-10H,11H2,1-3H3,(H,22,23). The van der Waals surface area contributed by atoms with Crippen molar-refractivity contribution in [1.82, 2.24) is 9.97 Å². The van der Waals surface area contributed by atoms with Crippen molar-refractivity contribution in [2.24, 2.45) is 0 Å². The van der Waals surface area contributed by atoms with Gasteiger partial charge in [-0.2, -0.15) is 0 Å². The van der Waals surface area contributed by atoms with E-state index in [1.54, 1.807) is 36.7 Å². The number of benzene rings is 1. The molecule has 0 saturated carbocycles. The second-order valence-corrected chi connectivity index (χ2v) is 6.84. The fourth-order valence-corrected chi connectivity index (χ4v) is 2.26. The summed E-state index contributed by atoms with van der Waals surface area (Å²) in [7, 11) is 0. The number of nitrogens with one attached hydrogen (secondary N) is 1. The van der Waals surface area contributed by atoms with Gasteiger partial charge in [-0.25, -0.2) is 14.8 Å². The van der Waals surface area contributed by atoms with Crippen molar-refractivity contribution in [2.45, 2.75) is 26.2 Å². The minimum atomic E-state index is -0.439. The van der Waals surface area contributed by atoms with Crippen LogP contribution in [0.3, 0.4) is 0 Å². The predicted molar refractivity (Wildman–Crippen MR) is 97.3 cm³/mol. The molecule has 3 aromatic rings. The number of fused-ring (bicyclic) bond motifs is 1. The number of rotatable bonds is 4. The van der Waals surface area contributed by atoms with Gasteiger partial charge in [0.1, 0.15) is 17.2 Å². The molecule has 1 N–H and O–H groups in total. The van der Waals surface area contributed by atoms with E-state index in [1.165, 1.54) is 6.07 Å². The molecule has 0 radical (unpaired) electrons. The van der Waals surface area contributed by atoms with Crippen LogP contribution in [-0.4, -0.2) is 22.5 Å². The molecule has 1 aromatic carbocycles. The number of amides is 1. The smallest absolute Gasteiger partial charge is 0.336 e. The zero-order chi connectivity index (χ0) is 18.7. The molecule has 26 heavy (non-hydrogen) atoms. The molecule has 2 heterocycles. The molecule has 3 rings (SSSR count). The molecular formula is C19H19N3O4. The Morgan fingerprint density at radius 1 is 1.15 bits per heavy atom. The van der Waals surface area contributed by atoms with Crippen molar-refractivity contribution >= 4 is 22.6 Å². The van der Waals surface area contributed by atoms with E-state index in [2.05, 4.69) is 15.3 Å². The Hall–Kier alpha value is -3.22. The summed E-state index contributed by atoms with van der Waals surface area (Å²) in [6.45, 7) is 5.85. The lowest BCUT2D eigenvalue weighted by Crippen LogP contribution is -2.21. The molecule has 0 aliphatic heterocycles. The number of hydrogen-bond acceptors (Lipinski definition) is 6. The lowest BCUT2D eigenvalue weighted by Gasteiger charge is -2.16. The Labute approximate surface area is 150 Å². The molecule has 0 saturated heterocycles. The summed E-state index contributed by atoms with van der Waals surface area (Å²) in [5.41, 5.74) is 0.306. The van der Waals surface area contributed by atoms with E-state index in [0.29, 0.717) is 22.8 Å². The number of carbonyl (C=O) groups is 1. The van der Waals surface area contributed by atoms with Crippen LogP contribution in [0.25, 0.3) is 11.0 Å². The number of aromatic nitrogens is 2. The van der Waals surface area contributed by atoms with Crippen LogP contribution in [0.4, 0.5) is 5.69 Å². The molecule has 134 valence electrons. The number of anilines is 1. The van der Waals surface area contributed by atoms with Crippen molar-refractivity contribution in [3.8, 4) is 5.75 Å². The SMILES string of the molecule is CC(C)(C)c1ncc(NC(=O)COc2ccc3ccc(=O)oc3c2)cn1. The molecule has 2 aromatic heterocycles. The van der Waals surface area contributed by atoms with Gasteiger partial charge in [-0.1, -0.05) is 20.8 Å². The van der Waals surface area contributed by atoms with Crippen molar-refractivity contribution < 1.29 is 13.9 Å². The highest BCUT2D eigenvalue weighted by Gasteiger charge is 2.17. The largest absolute Gasteiger partial charge is 0.484 e. The van der Waals surface area contributed by atoms with Crippen LogP contribution in [0.15, 0.2) is 51.9 Å². The minimum absolute atomic E-state index is 0.156. The van der Waals surface area contributed by atoms with Crippen molar-refractivity contribution in [1.29, 1.82) is 0 Å². The molecule has 0 aliphatic carbocycles. The Morgan fingerprint density at radius 3 is 2.54 bits per heavy atom. The first-order chi connectivity index (χ1) is 12.3. The average Bonchev–Trinajstić information content (AvgIpc) is 2.59. The van der Waals surface area contributed by atoms with Gasteiger partial charge in [-0.05, 0) is 18.2 Å². The van der Waals surface area contributed by atoms with E-state index in [1.807, 2.05) is 20.8 Å². The summed E-state index contributed by atoms with van der Waals surface area (Å²) in [5, 5.41) is 3.45. The predicted octanol–water partition coefficient (Wildman–Crippen LogP) is 2.90. The normalized spacial score (nSPS) is 11.3. The van der Waals surface area contributed by atoms with Crippen LogP contribution in [-0.2, 0) is 10.2 Å². The lowest BCUT2D eigenvalue weighted by atomic mass is 9.96. The topological polar surface area (TPSA) is 94.3 Å². The van der Waals surface area contributed by atoms with Gasteiger partial charge < -0.3 is 14.5 Å². The van der Waals surface area contributed by atoms with Gasteiger partial charge in [-0.3, -0.25) is 4.79 Å². The van der Waals surface area contributed by atoms with E-state index in [-0.39, 0.29) is 17.9 Å². The fraction of sp³-hybridized carbons (Fsp3) is 0.263. The van der Waals surface area contributed by atoms with Gasteiger partial charge in [0.25, 0.3) is 5.91 Å². The van der Waals surface area contributed by atoms with Crippen LogP contribution >= 0.6 is 0 Å². The van der Waals surface area contributed by atoms with Crippen molar-refractivity contribution in [3.05, 3.63) is 59.0 Å². The third-order valence-corrected chi connectivity index (χ3v) is 3.57. The fourth-order valence-electron chi connectivity index (χ4n) is 2.26. The molecule has 0 aliphatic rings. The maximum atomic E-state index is 12.0. The molecule has 1 amide bonds. The zero-order valence-electron chi connectivity index (χ0n) is 14.8. The summed E-state index contributed by atoms with van der Waals surface area (Å²) in [5.74, 6) is 0.789.